The van der Waals surface area contributed by atoms with Gasteiger partial charge in [-0.15, -0.1) is 0 Å². The van der Waals surface area contributed by atoms with E-state index in [0.29, 0.717) is 13.2 Å². The average Bonchev–Trinajstić information content (AvgIpc) is 1.98. The number of rotatable bonds is 4. The molecule has 0 spiro atoms. The molecule has 0 rings (SSSR count). The first-order valence-corrected chi connectivity index (χ1v) is 5.11. The van der Waals surface area contributed by atoms with Crippen molar-refractivity contribution in [3.63, 3.8) is 0 Å². The van der Waals surface area contributed by atoms with Gasteiger partial charge in [0, 0.05) is 18.6 Å². The number of carbonyl (C=O) groups is 1. The summed E-state index contributed by atoms with van der Waals surface area (Å²) in [5, 5.41) is 2.88. The van der Waals surface area contributed by atoms with E-state index in [0.717, 1.165) is 0 Å². The number of hydrogen-bond acceptors (Lipinski definition) is 2. The Hall–Kier alpha value is -0.570. The van der Waals surface area contributed by atoms with Crippen molar-refractivity contribution in [1.29, 1.82) is 0 Å². The highest BCUT2D eigenvalue weighted by molar-refractivity contribution is 5.81. The number of hydrogen-bond donors (Lipinski definition) is 1. The standard InChI is InChI=1S/C11H23NO2/c1-7-14-11(5,6)8-12-9(13)10(2,3)4/h7-8H2,1-6H3,(H,12,13). The van der Waals surface area contributed by atoms with Crippen molar-refractivity contribution in [3.05, 3.63) is 0 Å². The summed E-state index contributed by atoms with van der Waals surface area (Å²) >= 11 is 0. The van der Waals surface area contributed by atoms with E-state index in [9.17, 15) is 4.79 Å². The summed E-state index contributed by atoms with van der Waals surface area (Å²) in [6.45, 7) is 12.8. The van der Waals surface area contributed by atoms with Gasteiger partial charge in [0.1, 0.15) is 0 Å². The minimum Gasteiger partial charge on any atom is -0.374 e. The van der Waals surface area contributed by atoms with Crippen molar-refractivity contribution >= 4 is 5.91 Å². The van der Waals surface area contributed by atoms with E-state index < -0.39 is 0 Å². The van der Waals surface area contributed by atoms with E-state index in [1.165, 1.54) is 0 Å². The maximum Gasteiger partial charge on any atom is 0.225 e. The summed E-state index contributed by atoms with van der Waals surface area (Å²) in [4.78, 5) is 11.5. The molecule has 0 unspecified atom stereocenters. The number of ether oxygens (including phenoxy) is 1. The third kappa shape index (κ3) is 5.22. The molecule has 1 N–H and O–H groups in total. The summed E-state index contributed by atoms with van der Waals surface area (Å²) in [6.07, 6.45) is 0. The Balaban J connectivity index is 4.00. The van der Waals surface area contributed by atoms with Gasteiger partial charge in [-0.05, 0) is 20.8 Å². The molecule has 0 aromatic carbocycles. The van der Waals surface area contributed by atoms with Gasteiger partial charge in [0.2, 0.25) is 5.91 Å². The first kappa shape index (κ1) is 13.4. The first-order valence-electron chi connectivity index (χ1n) is 5.11. The smallest absolute Gasteiger partial charge is 0.225 e. The van der Waals surface area contributed by atoms with Crippen LogP contribution in [0.25, 0.3) is 0 Å². The molecule has 0 saturated heterocycles. The molecule has 0 heterocycles. The SMILES string of the molecule is CCOC(C)(C)CNC(=O)C(C)(C)C. The highest BCUT2D eigenvalue weighted by Gasteiger charge is 2.24. The maximum absolute atomic E-state index is 11.5. The average molecular weight is 201 g/mol. The Labute approximate surface area is 87.2 Å². The molecule has 0 atom stereocenters. The quantitative estimate of drug-likeness (QED) is 0.755. The molecule has 0 aliphatic rings. The van der Waals surface area contributed by atoms with Gasteiger partial charge < -0.3 is 10.1 Å². The van der Waals surface area contributed by atoms with Gasteiger partial charge in [0.05, 0.1) is 5.60 Å². The Morgan fingerprint density at radius 2 is 1.71 bits per heavy atom. The van der Waals surface area contributed by atoms with Crippen molar-refractivity contribution in [3.8, 4) is 0 Å². The van der Waals surface area contributed by atoms with Crippen LogP contribution in [-0.4, -0.2) is 24.7 Å². The van der Waals surface area contributed by atoms with Crippen molar-refractivity contribution in [2.75, 3.05) is 13.2 Å². The number of nitrogens with one attached hydrogen (secondary N) is 1. The third-order valence-corrected chi connectivity index (χ3v) is 1.89. The van der Waals surface area contributed by atoms with Crippen LogP contribution in [0.4, 0.5) is 0 Å². The van der Waals surface area contributed by atoms with Crippen molar-refractivity contribution in [2.24, 2.45) is 5.41 Å². The predicted octanol–water partition coefficient (Wildman–Crippen LogP) is 1.96. The lowest BCUT2D eigenvalue weighted by atomic mass is 9.95. The van der Waals surface area contributed by atoms with Gasteiger partial charge in [-0.2, -0.15) is 0 Å². The fraction of sp³-hybridized carbons (Fsp3) is 0.909. The fourth-order valence-electron chi connectivity index (χ4n) is 1.00. The van der Waals surface area contributed by atoms with E-state index in [1.54, 1.807) is 0 Å². The number of carbonyl (C=O) groups excluding carboxylic acids is 1. The molecule has 14 heavy (non-hydrogen) atoms. The van der Waals surface area contributed by atoms with E-state index >= 15 is 0 Å². The molecule has 0 aromatic rings. The number of amides is 1. The van der Waals surface area contributed by atoms with Crippen LogP contribution >= 0.6 is 0 Å². The van der Waals surface area contributed by atoms with Gasteiger partial charge >= 0.3 is 0 Å². The van der Waals surface area contributed by atoms with Crippen LogP contribution in [0.3, 0.4) is 0 Å². The molecule has 0 radical (unpaired) electrons. The van der Waals surface area contributed by atoms with E-state index in [2.05, 4.69) is 5.32 Å². The van der Waals surface area contributed by atoms with Crippen LogP contribution in [0, 0.1) is 5.41 Å². The van der Waals surface area contributed by atoms with Gasteiger partial charge in [0.15, 0.2) is 0 Å². The van der Waals surface area contributed by atoms with Crippen LogP contribution in [0.15, 0.2) is 0 Å². The molecular formula is C11H23NO2. The summed E-state index contributed by atoms with van der Waals surface area (Å²) in [5.74, 6) is 0.0604. The second-order valence-electron chi connectivity index (χ2n) is 5.13. The Morgan fingerprint density at radius 3 is 2.07 bits per heavy atom. The second-order valence-corrected chi connectivity index (χ2v) is 5.13. The normalized spacial score (nSPS) is 12.7. The Kier molecular flexibility index (Phi) is 4.59. The highest BCUT2D eigenvalue weighted by Crippen LogP contribution is 2.14. The van der Waals surface area contributed by atoms with Crippen molar-refractivity contribution in [2.45, 2.75) is 47.1 Å². The third-order valence-electron chi connectivity index (χ3n) is 1.89. The minimum absolute atomic E-state index is 0.0604. The van der Waals surface area contributed by atoms with Crippen molar-refractivity contribution in [1.82, 2.24) is 5.32 Å². The lowest BCUT2D eigenvalue weighted by Gasteiger charge is -2.27. The van der Waals surface area contributed by atoms with Crippen LogP contribution in [0.1, 0.15) is 41.5 Å². The zero-order chi connectivity index (χ0) is 11.4. The topological polar surface area (TPSA) is 38.3 Å². The van der Waals surface area contributed by atoms with Crippen LogP contribution in [0.5, 0.6) is 0 Å². The van der Waals surface area contributed by atoms with Gasteiger partial charge in [-0.25, -0.2) is 0 Å². The van der Waals surface area contributed by atoms with Crippen LogP contribution < -0.4 is 5.32 Å². The molecule has 0 aromatic heterocycles. The summed E-state index contributed by atoms with van der Waals surface area (Å²) in [7, 11) is 0. The van der Waals surface area contributed by atoms with Gasteiger partial charge in [-0.1, -0.05) is 20.8 Å². The molecule has 0 aliphatic carbocycles. The summed E-state index contributed by atoms with van der Waals surface area (Å²) in [5.41, 5.74) is -0.613. The molecule has 0 saturated carbocycles. The van der Waals surface area contributed by atoms with Crippen LogP contribution in [0.2, 0.25) is 0 Å². The molecule has 0 aliphatic heterocycles. The molecular weight excluding hydrogens is 178 g/mol. The van der Waals surface area contributed by atoms with E-state index in [4.69, 9.17) is 4.74 Å². The molecule has 0 fully saturated rings. The maximum atomic E-state index is 11.5. The van der Waals surface area contributed by atoms with Crippen molar-refractivity contribution < 1.29 is 9.53 Å². The fourth-order valence-corrected chi connectivity index (χ4v) is 1.00. The second kappa shape index (κ2) is 4.78. The Morgan fingerprint density at radius 1 is 1.21 bits per heavy atom. The summed E-state index contributed by atoms with van der Waals surface area (Å²) < 4.78 is 5.48. The van der Waals surface area contributed by atoms with Gasteiger partial charge in [-0.3, -0.25) is 4.79 Å². The lowest BCUT2D eigenvalue weighted by Crippen LogP contribution is -2.44. The minimum atomic E-state index is -0.331. The van der Waals surface area contributed by atoms with Crippen LogP contribution in [-0.2, 0) is 9.53 Å². The van der Waals surface area contributed by atoms with E-state index in [1.807, 2.05) is 41.5 Å². The summed E-state index contributed by atoms with van der Waals surface area (Å²) in [6, 6.07) is 0. The molecule has 3 nitrogen and oxygen atoms in total. The largest absolute Gasteiger partial charge is 0.374 e. The zero-order valence-corrected chi connectivity index (χ0v) is 10.2. The van der Waals surface area contributed by atoms with Gasteiger partial charge in [0.25, 0.3) is 0 Å². The predicted molar refractivity (Wildman–Crippen MR) is 58.2 cm³/mol. The molecule has 3 heteroatoms. The lowest BCUT2D eigenvalue weighted by molar-refractivity contribution is -0.130. The molecule has 0 bridgehead atoms. The highest BCUT2D eigenvalue weighted by atomic mass is 16.5. The Bertz CT molecular complexity index is 192. The van der Waals surface area contributed by atoms with E-state index in [-0.39, 0.29) is 16.9 Å². The first-order chi connectivity index (χ1) is 6.19. The zero-order valence-electron chi connectivity index (χ0n) is 10.2. The monoisotopic (exact) mass is 201 g/mol. The molecule has 84 valence electrons. The molecule has 1 amide bonds.